The number of Topliss-reactive ketones (excluding diaryl/α,β-unsaturated/α-hetero) is 1. The summed E-state index contributed by atoms with van der Waals surface area (Å²) in [7, 11) is 0. The molecule has 0 saturated carbocycles. The van der Waals surface area contributed by atoms with E-state index in [-0.39, 0.29) is 12.4 Å². The third-order valence-electron chi connectivity index (χ3n) is 3.77. The summed E-state index contributed by atoms with van der Waals surface area (Å²) in [5.41, 5.74) is 1.07. The first-order chi connectivity index (χ1) is 11.5. The van der Waals surface area contributed by atoms with Crippen molar-refractivity contribution < 1.29 is 22.7 Å². The van der Waals surface area contributed by atoms with E-state index in [4.69, 9.17) is 4.74 Å². The largest absolute Gasteiger partial charge is 0.488 e. The highest BCUT2D eigenvalue weighted by Gasteiger charge is 2.42. The second-order valence-corrected chi connectivity index (χ2v) is 7.04. The van der Waals surface area contributed by atoms with Crippen molar-refractivity contribution in [2.75, 3.05) is 0 Å². The van der Waals surface area contributed by atoms with Crippen LogP contribution in [-0.2, 0) is 12.0 Å². The molecule has 134 valence electrons. The summed E-state index contributed by atoms with van der Waals surface area (Å²) >= 11 is 0. The van der Waals surface area contributed by atoms with Gasteiger partial charge in [-0.2, -0.15) is 13.2 Å². The zero-order valence-electron chi connectivity index (χ0n) is 14.7. The topological polar surface area (TPSA) is 26.3 Å². The van der Waals surface area contributed by atoms with Gasteiger partial charge in [0.15, 0.2) is 0 Å². The van der Waals surface area contributed by atoms with E-state index in [1.165, 1.54) is 6.07 Å². The highest BCUT2D eigenvalue weighted by Crippen LogP contribution is 2.38. The van der Waals surface area contributed by atoms with Gasteiger partial charge < -0.3 is 4.74 Å². The van der Waals surface area contributed by atoms with Gasteiger partial charge in [-0.15, -0.1) is 0 Å². The molecule has 0 heterocycles. The van der Waals surface area contributed by atoms with Crippen molar-refractivity contribution in [2.45, 2.75) is 45.9 Å². The van der Waals surface area contributed by atoms with Gasteiger partial charge in [0, 0.05) is 5.56 Å². The third kappa shape index (κ3) is 4.62. The van der Waals surface area contributed by atoms with Crippen LogP contribution in [0, 0.1) is 6.92 Å². The van der Waals surface area contributed by atoms with E-state index < -0.39 is 22.9 Å². The smallest absolute Gasteiger partial charge is 0.455 e. The van der Waals surface area contributed by atoms with Gasteiger partial charge >= 0.3 is 6.18 Å². The Hall–Kier alpha value is -2.30. The summed E-state index contributed by atoms with van der Waals surface area (Å²) in [6.07, 6.45) is -4.95. The molecular weight excluding hydrogens is 329 g/mol. The number of aryl methyl sites for hydroxylation is 1. The van der Waals surface area contributed by atoms with Crippen molar-refractivity contribution in [3.63, 3.8) is 0 Å². The summed E-state index contributed by atoms with van der Waals surface area (Å²) < 4.78 is 44.8. The molecule has 5 heteroatoms. The van der Waals surface area contributed by atoms with Crippen molar-refractivity contribution in [1.29, 1.82) is 0 Å². The number of rotatable bonds is 4. The van der Waals surface area contributed by atoms with Crippen LogP contribution in [0.5, 0.6) is 5.75 Å². The van der Waals surface area contributed by atoms with Gasteiger partial charge in [-0.05, 0) is 29.5 Å². The van der Waals surface area contributed by atoms with E-state index >= 15 is 0 Å². The van der Waals surface area contributed by atoms with Gasteiger partial charge in [-0.1, -0.05) is 57.2 Å². The first-order valence-corrected chi connectivity index (χ1v) is 7.93. The van der Waals surface area contributed by atoms with Gasteiger partial charge in [-0.25, -0.2) is 0 Å². The lowest BCUT2D eigenvalue weighted by molar-refractivity contribution is -0.0887. The Labute approximate surface area is 145 Å². The molecule has 2 rings (SSSR count). The Morgan fingerprint density at radius 1 is 1.04 bits per heavy atom. The molecule has 0 amide bonds. The fourth-order valence-electron chi connectivity index (χ4n) is 2.54. The molecule has 2 aromatic carbocycles. The monoisotopic (exact) mass is 350 g/mol. The lowest BCUT2D eigenvalue weighted by Gasteiger charge is -2.25. The third-order valence-corrected chi connectivity index (χ3v) is 3.77. The lowest BCUT2D eigenvalue weighted by atomic mass is 9.83. The molecule has 2 aromatic rings. The molecule has 2 nitrogen and oxygen atoms in total. The molecule has 0 aliphatic heterocycles. The van der Waals surface area contributed by atoms with E-state index in [1.54, 1.807) is 13.0 Å². The van der Waals surface area contributed by atoms with Crippen molar-refractivity contribution in [3.05, 3.63) is 64.7 Å². The SMILES string of the molecule is Cc1cc(C(=O)C(F)(F)F)c(OCc2ccccc2)c(C(C)(C)C)c1. The summed E-state index contributed by atoms with van der Waals surface area (Å²) in [4.78, 5) is 11.9. The maximum atomic E-state index is 13.0. The summed E-state index contributed by atoms with van der Waals surface area (Å²) in [6, 6.07) is 12.1. The molecule has 0 unspecified atom stereocenters. The van der Waals surface area contributed by atoms with Crippen LogP contribution in [0.1, 0.15) is 47.8 Å². The highest BCUT2D eigenvalue weighted by molar-refractivity contribution is 6.03. The van der Waals surface area contributed by atoms with E-state index in [9.17, 15) is 18.0 Å². The number of ketones is 1. The van der Waals surface area contributed by atoms with Crippen LogP contribution >= 0.6 is 0 Å². The maximum absolute atomic E-state index is 13.0. The van der Waals surface area contributed by atoms with E-state index in [1.807, 2.05) is 51.1 Å². The number of alkyl halides is 3. The zero-order valence-corrected chi connectivity index (χ0v) is 14.7. The van der Waals surface area contributed by atoms with Crippen LogP contribution in [0.3, 0.4) is 0 Å². The minimum absolute atomic E-state index is 0.00396. The fourth-order valence-corrected chi connectivity index (χ4v) is 2.54. The average Bonchev–Trinajstić information content (AvgIpc) is 2.51. The second-order valence-electron chi connectivity index (χ2n) is 7.04. The summed E-state index contributed by atoms with van der Waals surface area (Å²) in [6.45, 7) is 7.38. The van der Waals surface area contributed by atoms with Gasteiger partial charge in [0.05, 0.1) is 5.56 Å². The van der Waals surface area contributed by atoms with Crippen molar-refractivity contribution in [1.82, 2.24) is 0 Å². The Morgan fingerprint density at radius 3 is 2.16 bits per heavy atom. The predicted octanol–water partition coefficient (Wildman–Crippen LogP) is 5.62. The molecule has 25 heavy (non-hydrogen) atoms. The Balaban J connectivity index is 2.54. The number of carbonyl (C=O) groups excluding carboxylic acids is 1. The number of ether oxygens (including phenoxy) is 1. The number of hydrogen-bond donors (Lipinski definition) is 0. The minimum atomic E-state index is -4.95. The number of carbonyl (C=O) groups is 1. The predicted molar refractivity (Wildman–Crippen MR) is 91.0 cm³/mol. The molecule has 0 spiro atoms. The van der Waals surface area contributed by atoms with Gasteiger partial charge in [0.2, 0.25) is 0 Å². The molecule has 0 aliphatic rings. The van der Waals surface area contributed by atoms with Crippen LogP contribution in [0.25, 0.3) is 0 Å². The van der Waals surface area contributed by atoms with Crippen LogP contribution < -0.4 is 4.74 Å². The number of halogens is 3. The molecule has 0 fully saturated rings. The molecule has 0 aliphatic carbocycles. The molecule has 0 aromatic heterocycles. The van der Waals surface area contributed by atoms with Crippen LogP contribution in [0.4, 0.5) is 13.2 Å². The van der Waals surface area contributed by atoms with Crippen molar-refractivity contribution in [2.24, 2.45) is 0 Å². The first-order valence-electron chi connectivity index (χ1n) is 7.93. The van der Waals surface area contributed by atoms with Crippen LogP contribution in [0.15, 0.2) is 42.5 Å². The Kier molecular flexibility index (Phi) is 5.26. The molecule has 0 radical (unpaired) electrons. The van der Waals surface area contributed by atoms with E-state index in [0.29, 0.717) is 11.1 Å². The highest BCUT2D eigenvalue weighted by atomic mass is 19.4. The average molecular weight is 350 g/mol. The lowest BCUT2D eigenvalue weighted by Crippen LogP contribution is -2.25. The van der Waals surface area contributed by atoms with Gasteiger partial charge in [-0.3, -0.25) is 4.79 Å². The normalized spacial score (nSPS) is 12.1. The number of hydrogen-bond acceptors (Lipinski definition) is 2. The second kappa shape index (κ2) is 6.90. The summed E-state index contributed by atoms with van der Waals surface area (Å²) in [5, 5.41) is 0. The zero-order chi connectivity index (χ0) is 18.8. The Morgan fingerprint density at radius 2 is 1.64 bits per heavy atom. The molecule has 0 N–H and O–H groups in total. The standard InChI is InChI=1S/C20H21F3O2/c1-13-10-15(18(24)20(21,22)23)17(16(11-13)19(2,3)4)25-12-14-8-6-5-7-9-14/h5-11H,12H2,1-4H3. The molecular formula is C20H21F3O2. The molecule has 0 atom stereocenters. The first kappa shape index (κ1) is 19.0. The van der Waals surface area contributed by atoms with E-state index in [0.717, 1.165) is 5.56 Å². The number of benzene rings is 2. The van der Waals surface area contributed by atoms with Gasteiger partial charge in [0.25, 0.3) is 5.78 Å². The van der Waals surface area contributed by atoms with Crippen molar-refractivity contribution >= 4 is 5.78 Å². The molecule has 0 saturated heterocycles. The minimum Gasteiger partial charge on any atom is -0.488 e. The quantitative estimate of drug-likeness (QED) is 0.669. The van der Waals surface area contributed by atoms with E-state index in [2.05, 4.69) is 0 Å². The summed E-state index contributed by atoms with van der Waals surface area (Å²) in [5.74, 6) is -1.88. The van der Waals surface area contributed by atoms with Gasteiger partial charge in [0.1, 0.15) is 12.4 Å². The van der Waals surface area contributed by atoms with Crippen LogP contribution in [-0.4, -0.2) is 12.0 Å². The van der Waals surface area contributed by atoms with Crippen molar-refractivity contribution in [3.8, 4) is 5.75 Å². The van der Waals surface area contributed by atoms with Crippen LogP contribution in [0.2, 0.25) is 0 Å². The Bertz CT molecular complexity index is 757. The maximum Gasteiger partial charge on any atom is 0.455 e. The molecule has 0 bridgehead atoms. The fraction of sp³-hybridized carbons (Fsp3) is 0.350.